The minimum Gasteiger partial charge on any atom is -0.496 e. The Labute approximate surface area is 193 Å². The zero-order valence-electron chi connectivity index (χ0n) is 19.8. The number of aromatic carboxylic acids is 1. The number of carbonyl (C=O) groups is 1. The number of aromatic nitrogens is 2. The molecule has 172 valence electrons. The molecule has 4 rings (SSSR count). The number of hydrogen-bond donors (Lipinski definition) is 1. The van der Waals surface area contributed by atoms with Gasteiger partial charge in [0.1, 0.15) is 17.1 Å². The molecule has 1 aliphatic rings. The smallest absolute Gasteiger partial charge is 0.341 e. The number of methoxy groups -OCH3 is 1. The average Bonchev–Trinajstić information content (AvgIpc) is 2.76. The predicted molar refractivity (Wildman–Crippen MR) is 129 cm³/mol. The van der Waals surface area contributed by atoms with Crippen molar-refractivity contribution in [2.24, 2.45) is 5.41 Å². The van der Waals surface area contributed by atoms with Gasteiger partial charge in [-0.2, -0.15) is 0 Å². The van der Waals surface area contributed by atoms with Gasteiger partial charge in [0.2, 0.25) is 0 Å². The maximum atomic E-state index is 12.6. The summed E-state index contributed by atoms with van der Waals surface area (Å²) in [6.07, 6.45) is 4.03. The Kier molecular flexibility index (Phi) is 5.52. The monoisotopic (exact) mass is 447 g/mol. The summed E-state index contributed by atoms with van der Waals surface area (Å²) in [5.41, 5.74) is 3.67. The van der Waals surface area contributed by atoms with E-state index in [1.54, 1.807) is 7.11 Å². The van der Waals surface area contributed by atoms with Gasteiger partial charge in [0, 0.05) is 55.3 Å². The molecule has 1 atom stereocenters. The quantitative estimate of drug-likeness (QED) is 0.634. The molecule has 7 heteroatoms. The molecule has 2 aromatic heterocycles. The van der Waals surface area contributed by atoms with E-state index >= 15 is 0 Å². The zero-order chi connectivity index (χ0) is 24.1. The molecule has 3 aromatic rings. The Balaban J connectivity index is 1.94. The summed E-state index contributed by atoms with van der Waals surface area (Å²) >= 11 is 0. The normalized spacial score (nSPS) is 14.9. The second-order valence-corrected chi connectivity index (χ2v) is 9.74. The molecular weight excluding hydrogens is 418 g/mol. The number of carboxylic acid groups (broad SMARTS) is 1. The van der Waals surface area contributed by atoms with Gasteiger partial charge in [0.15, 0.2) is 5.43 Å². The largest absolute Gasteiger partial charge is 0.496 e. The maximum absolute atomic E-state index is 12.6. The van der Waals surface area contributed by atoms with Gasteiger partial charge in [-0.25, -0.2) is 9.78 Å². The molecule has 0 radical (unpaired) electrons. The SMILES string of the molecule is COc1cc2c(cc1-c1ccc(N(C)C)nc1)CC(C(C)(C)C)n1cc(C(=O)O)c(=O)cc1-2. The van der Waals surface area contributed by atoms with E-state index in [-0.39, 0.29) is 17.0 Å². The van der Waals surface area contributed by atoms with Gasteiger partial charge in [0.25, 0.3) is 0 Å². The third-order valence-electron chi connectivity index (χ3n) is 6.28. The second kappa shape index (κ2) is 8.06. The topological polar surface area (TPSA) is 84.7 Å². The third-order valence-corrected chi connectivity index (χ3v) is 6.28. The molecule has 0 saturated carbocycles. The Bertz CT molecular complexity index is 1280. The molecule has 0 bridgehead atoms. The van der Waals surface area contributed by atoms with Gasteiger partial charge in [-0.3, -0.25) is 4.79 Å². The number of nitrogens with zero attached hydrogens (tertiary/aromatic N) is 3. The van der Waals surface area contributed by atoms with Crippen LogP contribution in [0.15, 0.2) is 47.5 Å². The summed E-state index contributed by atoms with van der Waals surface area (Å²) in [6, 6.07) is 9.46. The second-order valence-electron chi connectivity index (χ2n) is 9.74. The Morgan fingerprint density at radius 3 is 2.45 bits per heavy atom. The van der Waals surface area contributed by atoms with Crippen molar-refractivity contribution in [3.63, 3.8) is 0 Å². The molecule has 0 aliphatic carbocycles. The number of anilines is 1. The highest BCUT2D eigenvalue weighted by atomic mass is 16.5. The molecule has 7 nitrogen and oxygen atoms in total. The lowest BCUT2D eigenvalue weighted by Crippen LogP contribution is -2.32. The van der Waals surface area contributed by atoms with Crippen LogP contribution >= 0.6 is 0 Å². The standard InChI is InChI=1S/C26H29N3O4/c1-26(2,3)23-10-16-9-18(15-7-8-24(27-13-15)28(4)5)22(33-6)11-17(16)20-12-21(30)19(25(31)32)14-29(20)23/h7-9,11-14,23H,10H2,1-6H3,(H,31,32). The first kappa shape index (κ1) is 22.6. The summed E-state index contributed by atoms with van der Waals surface area (Å²) in [5, 5.41) is 9.51. The fourth-order valence-electron chi connectivity index (χ4n) is 4.45. The fraction of sp³-hybridized carbons (Fsp3) is 0.346. The third kappa shape index (κ3) is 3.99. The molecular formula is C26H29N3O4. The number of rotatable bonds is 4. The molecule has 3 heterocycles. The van der Waals surface area contributed by atoms with Gasteiger partial charge < -0.3 is 19.3 Å². The summed E-state index contributed by atoms with van der Waals surface area (Å²) in [6.45, 7) is 6.37. The van der Waals surface area contributed by atoms with E-state index in [9.17, 15) is 14.7 Å². The van der Waals surface area contributed by atoms with Gasteiger partial charge >= 0.3 is 5.97 Å². The van der Waals surface area contributed by atoms with Crippen LogP contribution in [0.25, 0.3) is 22.4 Å². The zero-order valence-corrected chi connectivity index (χ0v) is 19.8. The van der Waals surface area contributed by atoms with Crippen LogP contribution < -0.4 is 15.1 Å². The van der Waals surface area contributed by atoms with E-state index in [1.165, 1.54) is 12.3 Å². The summed E-state index contributed by atoms with van der Waals surface area (Å²) in [5.74, 6) is 0.324. The van der Waals surface area contributed by atoms with Crippen molar-refractivity contribution in [1.82, 2.24) is 9.55 Å². The van der Waals surface area contributed by atoms with Crippen molar-refractivity contribution >= 4 is 11.8 Å². The first-order valence-electron chi connectivity index (χ1n) is 10.9. The van der Waals surface area contributed by atoms with E-state index in [2.05, 4.69) is 31.8 Å². The van der Waals surface area contributed by atoms with Crippen molar-refractivity contribution in [3.05, 3.63) is 64.1 Å². The molecule has 0 spiro atoms. The highest BCUT2D eigenvalue weighted by Crippen LogP contribution is 2.45. The van der Waals surface area contributed by atoms with E-state index in [0.717, 1.165) is 28.1 Å². The number of benzene rings is 1. The fourth-order valence-corrected chi connectivity index (χ4v) is 4.45. The predicted octanol–water partition coefficient (Wildman–Crippen LogP) is 4.49. The van der Waals surface area contributed by atoms with Crippen LogP contribution in [0.3, 0.4) is 0 Å². The number of hydrogen-bond acceptors (Lipinski definition) is 5. The minimum atomic E-state index is -1.21. The van der Waals surface area contributed by atoms with Gasteiger partial charge in [-0.1, -0.05) is 20.8 Å². The molecule has 0 fully saturated rings. The van der Waals surface area contributed by atoms with Crippen LogP contribution in [0, 0.1) is 5.41 Å². The molecule has 1 aliphatic heterocycles. The van der Waals surface area contributed by atoms with E-state index < -0.39 is 11.4 Å². The van der Waals surface area contributed by atoms with Crippen LogP contribution in [0.5, 0.6) is 5.75 Å². The lowest BCUT2D eigenvalue weighted by molar-refractivity contribution is 0.0693. The molecule has 1 unspecified atom stereocenters. The summed E-state index contributed by atoms with van der Waals surface area (Å²) < 4.78 is 7.67. The number of pyridine rings is 2. The Hall–Kier alpha value is -3.61. The lowest BCUT2D eigenvalue weighted by atomic mass is 9.78. The number of carboxylic acids is 1. The Morgan fingerprint density at radius 1 is 1.18 bits per heavy atom. The van der Waals surface area contributed by atoms with Gasteiger partial charge in [0.05, 0.1) is 12.8 Å². The van der Waals surface area contributed by atoms with Crippen LogP contribution in [0.4, 0.5) is 5.82 Å². The average molecular weight is 448 g/mol. The van der Waals surface area contributed by atoms with Crippen LogP contribution in [-0.4, -0.2) is 41.8 Å². The van der Waals surface area contributed by atoms with Crippen LogP contribution in [0.2, 0.25) is 0 Å². The highest BCUT2D eigenvalue weighted by Gasteiger charge is 2.34. The van der Waals surface area contributed by atoms with Crippen molar-refractivity contribution in [1.29, 1.82) is 0 Å². The Morgan fingerprint density at radius 2 is 1.91 bits per heavy atom. The number of fused-ring (bicyclic) bond motifs is 3. The maximum Gasteiger partial charge on any atom is 0.341 e. The van der Waals surface area contributed by atoms with Gasteiger partial charge in [-0.15, -0.1) is 0 Å². The van der Waals surface area contributed by atoms with Crippen molar-refractivity contribution in [3.8, 4) is 28.1 Å². The lowest BCUT2D eigenvalue weighted by Gasteiger charge is -2.39. The van der Waals surface area contributed by atoms with Crippen molar-refractivity contribution in [2.75, 3.05) is 26.1 Å². The molecule has 33 heavy (non-hydrogen) atoms. The molecule has 1 N–H and O–H groups in total. The van der Waals surface area contributed by atoms with Crippen molar-refractivity contribution < 1.29 is 14.6 Å². The molecule has 0 saturated heterocycles. The molecule has 1 aromatic carbocycles. The summed E-state index contributed by atoms with van der Waals surface area (Å²) in [7, 11) is 5.51. The first-order valence-corrected chi connectivity index (χ1v) is 10.9. The van der Waals surface area contributed by atoms with Crippen LogP contribution in [-0.2, 0) is 6.42 Å². The van der Waals surface area contributed by atoms with E-state index in [1.807, 2.05) is 48.0 Å². The van der Waals surface area contributed by atoms with Crippen LogP contribution in [0.1, 0.15) is 42.7 Å². The van der Waals surface area contributed by atoms with E-state index in [0.29, 0.717) is 17.9 Å². The van der Waals surface area contributed by atoms with Gasteiger partial charge in [-0.05, 0) is 41.7 Å². The molecule has 0 amide bonds. The summed E-state index contributed by atoms with van der Waals surface area (Å²) in [4.78, 5) is 30.7. The first-order chi connectivity index (χ1) is 15.5. The minimum absolute atomic E-state index is 0.0193. The van der Waals surface area contributed by atoms with E-state index in [4.69, 9.17) is 4.74 Å². The van der Waals surface area contributed by atoms with Crippen molar-refractivity contribution in [2.45, 2.75) is 33.2 Å². The number of ether oxygens (including phenoxy) is 1. The highest BCUT2D eigenvalue weighted by molar-refractivity contribution is 5.88.